The van der Waals surface area contributed by atoms with E-state index in [2.05, 4.69) is 26.3 Å². The zero-order valence-electron chi connectivity index (χ0n) is 15.3. The molecule has 0 N–H and O–H groups in total. The Morgan fingerprint density at radius 2 is 1.44 bits per heavy atom. The summed E-state index contributed by atoms with van der Waals surface area (Å²) in [5.74, 6) is -0.586. The minimum Gasteiger partial charge on any atom is -0.501 e. The molecule has 0 radical (unpaired) electrons. The van der Waals surface area contributed by atoms with Gasteiger partial charge in [0, 0.05) is 39.7 Å². The monoisotopic (exact) mass is 377 g/mol. The molecule has 0 unspecified atom stereocenters. The van der Waals surface area contributed by atoms with Crippen molar-refractivity contribution in [2.24, 2.45) is 5.16 Å². The second kappa shape index (κ2) is 14.2. The van der Waals surface area contributed by atoms with Gasteiger partial charge in [0.15, 0.2) is 0 Å². The van der Waals surface area contributed by atoms with E-state index in [0.29, 0.717) is 0 Å². The van der Waals surface area contributed by atoms with Crippen LogP contribution in [0.25, 0.3) is 0 Å². The van der Waals surface area contributed by atoms with E-state index >= 15 is 0 Å². The molecule has 0 aliphatic heterocycles. The van der Waals surface area contributed by atoms with Gasteiger partial charge in [0.25, 0.3) is 0 Å². The Balaban J connectivity index is 0. The Bertz CT molecular complexity index is 537. The number of carbonyl (C=O) groups is 4. The number of oxime groups is 1. The molecule has 1 aliphatic rings. The third-order valence-electron chi connectivity index (χ3n) is 2.49. The van der Waals surface area contributed by atoms with Crippen LogP contribution in [0.3, 0.4) is 0 Å². The Morgan fingerprint density at radius 1 is 0.960 bits per heavy atom. The van der Waals surface area contributed by atoms with Crippen LogP contribution in [0.15, 0.2) is 16.5 Å². The van der Waals surface area contributed by atoms with Gasteiger partial charge in [0.1, 0.15) is 5.76 Å². The molecule has 0 aromatic rings. The van der Waals surface area contributed by atoms with Crippen molar-refractivity contribution >= 4 is 40.5 Å². The van der Waals surface area contributed by atoms with Crippen molar-refractivity contribution in [1.29, 1.82) is 0 Å². The second-order valence-corrected chi connectivity index (χ2v) is 5.31. The lowest BCUT2D eigenvalue weighted by Gasteiger charge is -2.17. The molecule has 0 fully saturated rings. The number of esters is 2. The van der Waals surface area contributed by atoms with Gasteiger partial charge in [-0.1, -0.05) is 5.16 Å². The minimum atomic E-state index is -0.562. The fourth-order valence-corrected chi connectivity index (χ4v) is 1.64. The van der Waals surface area contributed by atoms with E-state index in [1.165, 1.54) is 27.7 Å². The number of rotatable bonds is 2. The predicted octanol–water partition coefficient (Wildman–Crippen LogP) is 2.88. The fraction of sp³-hybridized carbons (Fsp3) is 0.562. The van der Waals surface area contributed by atoms with Gasteiger partial charge in [-0.05, 0) is 31.4 Å². The number of ether oxygens (including phenoxy) is 2. The highest BCUT2D eigenvalue weighted by molar-refractivity contribution is 6.62. The zero-order valence-corrected chi connectivity index (χ0v) is 16.1. The van der Waals surface area contributed by atoms with Gasteiger partial charge < -0.3 is 14.3 Å². The molecule has 0 aromatic heterocycles. The van der Waals surface area contributed by atoms with Gasteiger partial charge in [-0.25, -0.2) is 4.79 Å². The first-order chi connectivity index (χ1) is 11.5. The standard InChI is InChI=1S/C10H15NO3.C4H6O3.C2H3ClO/c1-7-9(11-14-8(2)12)5-4-6-10(7)13-3;1-3(5)7-4(2)6;1-2(3)4/h4-6H2,1-3H3;1-2H3;1H3. The maximum Gasteiger partial charge on any atom is 0.331 e. The topological polar surface area (TPSA) is 108 Å². The van der Waals surface area contributed by atoms with Crippen molar-refractivity contribution in [2.75, 3.05) is 7.11 Å². The average molecular weight is 378 g/mol. The molecule has 0 saturated heterocycles. The van der Waals surface area contributed by atoms with Gasteiger partial charge in [-0.15, -0.1) is 0 Å². The summed E-state index contributed by atoms with van der Waals surface area (Å²) in [4.78, 5) is 44.0. The van der Waals surface area contributed by atoms with Crippen molar-refractivity contribution in [1.82, 2.24) is 0 Å². The molecule has 0 amide bonds. The SMILES string of the molecule is CC(=O)Cl.CC(=O)OC(C)=O.COC1=C(C)C(=NOC(C)=O)CCC1. The van der Waals surface area contributed by atoms with Crippen LogP contribution in [0.1, 0.15) is 53.9 Å². The van der Waals surface area contributed by atoms with Gasteiger partial charge >= 0.3 is 17.9 Å². The largest absolute Gasteiger partial charge is 0.501 e. The quantitative estimate of drug-likeness (QED) is 0.239. The summed E-state index contributed by atoms with van der Waals surface area (Å²) in [6.45, 7) is 6.92. The maximum absolute atomic E-state index is 10.6. The van der Waals surface area contributed by atoms with Crippen LogP contribution in [0.4, 0.5) is 0 Å². The van der Waals surface area contributed by atoms with Crippen LogP contribution in [-0.4, -0.2) is 36.0 Å². The summed E-state index contributed by atoms with van der Waals surface area (Å²) in [6.07, 6.45) is 2.76. The Labute approximate surface area is 152 Å². The molecular weight excluding hydrogens is 354 g/mol. The van der Waals surface area contributed by atoms with Crippen molar-refractivity contribution in [2.45, 2.75) is 53.9 Å². The van der Waals surface area contributed by atoms with E-state index in [1.807, 2.05) is 6.92 Å². The normalized spacial score (nSPS) is 14.3. The number of carbonyl (C=O) groups excluding carboxylic acids is 4. The summed E-state index contributed by atoms with van der Waals surface area (Å²) in [6, 6.07) is 0. The third-order valence-corrected chi connectivity index (χ3v) is 2.49. The molecule has 142 valence electrons. The molecule has 25 heavy (non-hydrogen) atoms. The first-order valence-corrected chi connectivity index (χ1v) is 7.72. The molecule has 8 nitrogen and oxygen atoms in total. The van der Waals surface area contributed by atoms with E-state index < -0.39 is 17.9 Å². The van der Waals surface area contributed by atoms with Crippen LogP contribution < -0.4 is 0 Å². The Hall–Kier alpha value is -2.22. The van der Waals surface area contributed by atoms with Gasteiger partial charge in [-0.2, -0.15) is 0 Å². The van der Waals surface area contributed by atoms with E-state index in [-0.39, 0.29) is 5.24 Å². The molecule has 1 rings (SSSR count). The summed E-state index contributed by atoms with van der Waals surface area (Å²) in [5, 5.41) is 3.43. The van der Waals surface area contributed by atoms with E-state index in [0.717, 1.165) is 36.3 Å². The maximum atomic E-state index is 10.6. The molecule has 9 heteroatoms. The lowest BCUT2D eigenvalue weighted by molar-refractivity contribution is -0.156. The molecule has 0 bridgehead atoms. The zero-order chi connectivity index (χ0) is 20.0. The fourth-order valence-electron chi connectivity index (χ4n) is 1.64. The highest BCUT2D eigenvalue weighted by atomic mass is 35.5. The smallest absolute Gasteiger partial charge is 0.331 e. The minimum absolute atomic E-state index is 0.361. The van der Waals surface area contributed by atoms with Crippen LogP contribution in [0, 0.1) is 0 Å². The van der Waals surface area contributed by atoms with E-state index in [9.17, 15) is 19.2 Å². The summed E-state index contributed by atoms with van der Waals surface area (Å²) >= 11 is 4.64. The molecule has 0 spiro atoms. The molecule has 0 atom stereocenters. The molecule has 1 aliphatic carbocycles. The van der Waals surface area contributed by atoms with Crippen LogP contribution >= 0.6 is 11.6 Å². The number of hydrogen-bond acceptors (Lipinski definition) is 8. The van der Waals surface area contributed by atoms with Crippen molar-refractivity contribution < 1.29 is 33.5 Å². The second-order valence-electron chi connectivity index (χ2n) is 4.78. The summed E-state index contributed by atoms with van der Waals surface area (Å²) in [5.41, 5.74) is 1.79. The first kappa shape index (κ1) is 25.0. The third kappa shape index (κ3) is 16.4. The van der Waals surface area contributed by atoms with Crippen LogP contribution in [0.2, 0.25) is 0 Å². The Kier molecular flexibility index (Phi) is 14.2. The number of nitrogens with zero attached hydrogens (tertiary/aromatic N) is 1. The lowest BCUT2D eigenvalue weighted by Crippen LogP contribution is -2.12. The van der Waals surface area contributed by atoms with Gasteiger partial charge in [-0.3, -0.25) is 14.4 Å². The molecule has 0 saturated carbocycles. The van der Waals surface area contributed by atoms with Crippen molar-refractivity contribution in [3.63, 3.8) is 0 Å². The molecule has 0 aromatic carbocycles. The summed E-state index contributed by atoms with van der Waals surface area (Å²) in [7, 11) is 1.65. The summed E-state index contributed by atoms with van der Waals surface area (Å²) < 4.78 is 9.17. The number of hydrogen-bond donors (Lipinski definition) is 0. The molecule has 0 heterocycles. The van der Waals surface area contributed by atoms with Crippen molar-refractivity contribution in [3.8, 4) is 0 Å². The lowest BCUT2D eigenvalue weighted by atomic mass is 9.97. The Morgan fingerprint density at radius 3 is 1.76 bits per heavy atom. The highest BCUT2D eigenvalue weighted by Crippen LogP contribution is 2.22. The van der Waals surface area contributed by atoms with E-state index in [4.69, 9.17) is 4.74 Å². The van der Waals surface area contributed by atoms with Gasteiger partial charge in [0.05, 0.1) is 12.8 Å². The van der Waals surface area contributed by atoms with Gasteiger partial charge in [0.2, 0.25) is 5.24 Å². The van der Waals surface area contributed by atoms with Crippen LogP contribution in [-0.2, 0) is 33.5 Å². The number of halogens is 1. The van der Waals surface area contributed by atoms with Crippen molar-refractivity contribution in [3.05, 3.63) is 11.3 Å². The number of allylic oxidation sites excluding steroid dienone is 2. The average Bonchev–Trinajstić information content (AvgIpc) is 2.44. The van der Waals surface area contributed by atoms with E-state index in [1.54, 1.807) is 7.11 Å². The predicted molar refractivity (Wildman–Crippen MR) is 91.7 cm³/mol. The highest BCUT2D eigenvalue weighted by Gasteiger charge is 2.16. The number of methoxy groups -OCH3 is 1. The molecular formula is C16H24ClNO7. The first-order valence-electron chi connectivity index (χ1n) is 7.34. The van der Waals surface area contributed by atoms with Crippen LogP contribution in [0.5, 0.6) is 0 Å².